The molecule has 2 saturated heterocycles. The molecule has 0 aromatic carbocycles. The number of rotatable bonds is 2. The summed E-state index contributed by atoms with van der Waals surface area (Å²) in [6.45, 7) is 1.85. The number of hydrogen-bond acceptors (Lipinski definition) is 3. The van der Waals surface area contributed by atoms with Crippen molar-refractivity contribution in [3.63, 3.8) is 0 Å². The van der Waals surface area contributed by atoms with Crippen LogP contribution in [0.25, 0.3) is 0 Å². The molecule has 3 rings (SSSR count). The summed E-state index contributed by atoms with van der Waals surface area (Å²) in [5, 5.41) is 3.24. The maximum Gasteiger partial charge on any atom is 0.234 e. The summed E-state index contributed by atoms with van der Waals surface area (Å²) < 4.78 is 6.11. The predicted molar refractivity (Wildman–Crippen MR) is 73.6 cm³/mol. The number of primary amides is 1. The molecule has 3 N–H and O–H groups in total. The quantitative estimate of drug-likeness (QED) is 0.797. The molecule has 2 aliphatic heterocycles. The molecule has 2 heterocycles. The van der Waals surface area contributed by atoms with E-state index in [0.29, 0.717) is 5.92 Å². The largest absolute Gasteiger partial charge is 0.375 e. The monoisotopic (exact) mass is 266 g/mol. The van der Waals surface area contributed by atoms with Crippen LogP contribution in [0.5, 0.6) is 0 Å². The van der Waals surface area contributed by atoms with Gasteiger partial charge in [-0.1, -0.05) is 12.8 Å². The highest BCUT2D eigenvalue weighted by Crippen LogP contribution is 2.45. The van der Waals surface area contributed by atoms with Crippen LogP contribution in [-0.2, 0) is 9.53 Å². The van der Waals surface area contributed by atoms with E-state index in [2.05, 4.69) is 5.32 Å². The third-order valence-electron chi connectivity index (χ3n) is 5.50. The standard InChI is InChI=1S/C15H26N2O2/c16-14(18)13-9-11(3-7-17-13)12-4-8-19-15(10-12)5-1-2-6-15/h11-13,17H,1-10H2,(H2,16,18). The Labute approximate surface area is 115 Å². The van der Waals surface area contributed by atoms with E-state index in [1.807, 2.05) is 0 Å². The van der Waals surface area contributed by atoms with E-state index in [0.717, 1.165) is 31.9 Å². The summed E-state index contributed by atoms with van der Waals surface area (Å²) in [5.41, 5.74) is 5.64. The summed E-state index contributed by atoms with van der Waals surface area (Å²) in [7, 11) is 0. The first-order valence-electron chi connectivity index (χ1n) is 7.85. The Morgan fingerprint density at radius 1 is 1.21 bits per heavy atom. The summed E-state index contributed by atoms with van der Waals surface area (Å²) >= 11 is 0. The topological polar surface area (TPSA) is 64.4 Å². The molecule has 1 saturated carbocycles. The highest BCUT2D eigenvalue weighted by molar-refractivity contribution is 5.79. The Balaban J connectivity index is 1.63. The van der Waals surface area contributed by atoms with Gasteiger partial charge >= 0.3 is 0 Å². The molecule has 3 fully saturated rings. The zero-order valence-corrected chi connectivity index (χ0v) is 11.7. The van der Waals surface area contributed by atoms with Crippen molar-refractivity contribution in [3.05, 3.63) is 0 Å². The number of hydrogen-bond donors (Lipinski definition) is 2. The summed E-state index contributed by atoms with van der Waals surface area (Å²) in [6.07, 6.45) is 9.62. The molecule has 0 radical (unpaired) electrons. The predicted octanol–water partition coefficient (Wildman–Crippen LogP) is 1.58. The first kappa shape index (κ1) is 13.4. The average molecular weight is 266 g/mol. The highest BCUT2D eigenvalue weighted by atomic mass is 16.5. The number of carbonyl (C=O) groups excluding carboxylic acids is 1. The van der Waals surface area contributed by atoms with Gasteiger partial charge in [-0.25, -0.2) is 0 Å². The van der Waals surface area contributed by atoms with Crippen LogP contribution in [0, 0.1) is 11.8 Å². The molecule has 1 aliphatic carbocycles. The van der Waals surface area contributed by atoms with E-state index in [9.17, 15) is 4.79 Å². The Morgan fingerprint density at radius 3 is 2.74 bits per heavy atom. The van der Waals surface area contributed by atoms with Crippen molar-refractivity contribution in [2.75, 3.05) is 13.2 Å². The molecule has 0 bridgehead atoms. The number of nitrogens with two attached hydrogens (primary N) is 1. The second kappa shape index (κ2) is 5.41. The van der Waals surface area contributed by atoms with Crippen LogP contribution in [0.3, 0.4) is 0 Å². The van der Waals surface area contributed by atoms with Gasteiger partial charge in [-0.3, -0.25) is 4.79 Å². The van der Waals surface area contributed by atoms with Crippen LogP contribution in [0.1, 0.15) is 51.4 Å². The molecule has 19 heavy (non-hydrogen) atoms. The van der Waals surface area contributed by atoms with Gasteiger partial charge in [0.15, 0.2) is 0 Å². The molecule has 4 nitrogen and oxygen atoms in total. The Hall–Kier alpha value is -0.610. The maximum atomic E-state index is 11.4. The summed E-state index contributed by atoms with van der Waals surface area (Å²) in [4.78, 5) is 11.4. The lowest BCUT2D eigenvalue weighted by Gasteiger charge is -2.43. The van der Waals surface area contributed by atoms with E-state index in [1.165, 1.54) is 38.5 Å². The summed E-state index contributed by atoms with van der Waals surface area (Å²) in [5.74, 6) is 1.20. The number of amides is 1. The second-order valence-corrected chi connectivity index (χ2v) is 6.68. The normalized spacial score (nSPS) is 38.4. The lowest BCUT2D eigenvalue weighted by molar-refractivity contribution is -0.122. The van der Waals surface area contributed by atoms with Crippen LogP contribution in [-0.4, -0.2) is 30.7 Å². The number of piperidine rings is 1. The fourth-order valence-electron chi connectivity index (χ4n) is 4.43. The van der Waals surface area contributed by atoms with Crippen molar-refractivity contribution in [2.24, 2.45) is 17.6 Å². The molecule has 3 atom stereocenters. The fraction of sp³-hybridized carbons (Fsp3) is 0.933. The van der Waals surface area contributed by atoms with Crippen molar-refractivity contribution in [1.82, 2.24) is 5.32 Å². The van der Waals surface area contributed by atoms with Gasteiger partial charge < -0.3 is 15.8 Å². The maximum absolute atomic E-state index is 11.4. The molecule has 3 unspecified atom stereocenters. The minimum atomic E-state index is -0.188. The SMILES string of the molecule is NC(=O)C1CC(C2CCOC3(CCCC3)C2)CCN1. The number of carbonyl (C=O) groups is 1. The van der Waals surface area contributed by atoms with E-state index < -0.39 is 0 Å². The van der Waals surface area contributed by atoms with E-state index in [4.69, 9.17) is 10.5 Å². The molecule has 1 spiro atoms. The minimum absolute atomic E-state index is 0.110. The molecular formula is C15H26N2O2. The summed E-state index contributed by atoms with van der Waals surface area (Å²) in [6, 6.07) is -0.110. The van der Waals surface area contributed by atoms with Crippen molar-refractivity contribution >= 4 is 5.91 Å². The highest BCUT2D eigenvalue weighted by Gasteiger charge is 2.43. The molecule has 108 valence electrons. The van der Waals surface area contributed by atoms with Crippen molar-refractivity contribution in [2.45, 2.75) is 63.0 Å². The van der Waals surface area contributed by atoms with Gasteiger partial charge in [-0.15, -0.1) is 0 Å². The van der Waals surface area contributed by atoms with E-state index in [1.54, 1.807) is 0 Å². The average Bonchev–Trinajstić information content (AvgIpc) is 2.87. The molecular weight excluding hydrogens is 240 g/mol. The number of ether oxygens (including phenoxy) is 1. The van der Waals surface area contributed by atoms with Crippen LogP contribution >= 0.6 is 0 Å². The Kier molecular flexibility index (Phi) is 3.81. The first-order chi connectivity index (χ1) is 9.19. The number of nitrogens with one attached hydrogen (secondary N) is 1. The first-order valence-corrected chi connectivity index (χ1v) is 7.85. The minimum Gasteiger partial charge on any atom is -0.375 e. The molecule has 4 heteroatoms. The molecule has 1 amide bonds. The zero-order valence-electron chi connectivity index (χ0n) is 11.7. The fourth-order valence-corrected chi connectivity index (χ4v) is 4.43. The van der Waals surface area contributed by atoms with Crippen molar-refractivity contribution in [3.8, 4) is 0 Å². The van der Waals surface area contributed by atoms with Crippen molar-refractivity contribution < 1.29 is 9.53 Å². The van der Waals surface area contributed by atoms with Crippen LogP contribution < -0.4 is 11.1 Å². The van der Waals surface area contributed by atoms with E-state index >= 15 is 0 Å². The molecule has 3 aliphatic rings. The van der Waals surface area contributed by atoms with Gasteiger partial charge in [0.25, 0.3) is 0 Å². The zero-order chi connectivity index (χ0) is 13.3. The van der Waals surface area contributed by atoms with Gasteiger partial charge in [0.2, 0.25) is 5.91 Å². The Bertz CT molecular complexity index is 339. The van der Waals surface area contributed by atoms with Gasteiger partial charge in [0.05, 0.1) is 11.6 Å². The van der Waals surface area contributed by atoms with Gasteiger partial charge in [0, 0.05) is 6.61 Å². The molecule has 0 aromatic rings. The third kappa shape index (κ3) is 2.79. The smallest absolute Gasteiger partial charge is 0.234 e. The second-order valence-electron chi connectivity index (χ2n) is 6.68. The van der Waals surface area contributed by atoms with Crippen LogP contribution in [0.2, 0.25) is 0 Å². The van der Waals surface area contributed by atoms with E-state index in [-0.39, 0.29) is 17.6 Å². The van der Waals surface area contributed by atoms with Gasteiger partial charge in [0.1, 0.15) is 0 Å². The lowest BCUT2D eigenvalue weighted by Crippen LogP contribution is -2.49. The lowest BCUT2D eigenvalue weighted by atomic mass is 9.73. The third-order valence-corrected chi connectivity index (χ3v) is 5.50. The van der Waals surface area contributed by atoms with Gasteiger partial charge in [-0.05, 0) is 56.9 Å². The molecule has 0 aromatic heterocycles. The van der Waals surface area contributed by atoms with Gasteiger partial charge in [-0.2, -0.15) is 0 Å². The Morgan fingerprint density at radius 2 is 2.00 bits per heavy atom. The van der Waals surface area contributed by atoms with Crippen LogP contribution in [0.15, 0.2) is 0 Å². The van der Waals surface area contributed by atoms with Crippen LogP contribution in [0.4, 0.5) is 0 Å². The van der Waals surface area contributed by atoms with Crippen molar-refractivity contribution in [1.29, 1.82) is 0 Å².